The third-order valence-electron chi connectivity index (χ3n) is 4.21. The first-order chi connectivity index (χ1) is 13.1. The normalized spacial score (nSPS) is 14.5. The molecule has 148 valence electrons. The van der Waals surface area contributed by atoms with Gasteiger partial charge in [-0.3, -0.25) is 0 Å². The van der Waals surface area contributed by atoms with Crippen molar-refractivity contribution in [3.05, 3.63) is 52.5 Å². The number of anilines is 2. The van der Waals surface area contributed by atoms with E-state index in [4.69, 9.17) is 16.9 Å². The Morgan fingerprint density at radius 3 is 2.46 bits per heavy atom. The van der Waals surface area contributed by atoms with Crippen LogP contribution in [0.2, 0.25) is 5.02 Å². The molecule has 5 nitrogen and oxygen atoms in total. The third kappa shape index (κ3) is 4.76. The van der Waals surface area contributed by atoms with Gasteiger partial charge in [-0.15, -0.1) is 0 Å². The zero-order chi connectivity index (χ0) is 20.5. The molecular weight excluding hydrogens is 415 g/mol. The maximum Gasteiger partial charge on any atom is 0.417 e. The molecule has 0 heterocycles. The van der Waals surface area contributed by atoms with Crippen molar-refractivity contribution in [2.75, 3.05) is 11.9 Å². The number of hydrogen-bond acceptors (Lipinski definition) is 4. The molecule has 3 rings (SSSR count). The van der Waals surface area contributed by atoms with Gasteiger partial charge >= 0.3 is 6.18 Å². The van der Waals surface area contributed by atoms with Crippen LogP contribution in [0, 0.1) is 17.2 Å². The van der Waals surface area contributed by atoms with Crippen LogP contribution in [0.1, 0.15) is 24.0 Å². The van der Waals surface area contributed by atoms with Crippen molar-refractivity contribution in [3.8, 4) is 6.07 Å². The first-order valence-corrected chi connectivity index (χ1v) is 10.1. The molecule has 0 aromatic heterocycles. The Bertz CT molecular complexity index is 1050. The summed E-state index contributed by atoms with van der Waals surface area (Å²) in [7, 11) is -4.30. The fourth-order valence-electron chi connectivity index (χ4n) is 2.53. The monoisotopic (exact) mass is 429 g/mol. The van der Waals surface area contributed by atoms with Crippen molar-refractivity contribution in [1.82, 2.24) is 4.72 Å². The number of alkyl halides is 3. The van der Waals surface area contributed by atoms with Gasteiger partial charge in [0, 0.05) is 12.2 Å². The predicted molar refractivity (Wildman–Crippen MR) is 98.8 cm³/mol. The van der Waals surface area contributed by atoms with Crippen molar-refractivity contribution in [1.29, 1.82) is 5.26 Å². The van der Waals surface area contributed by atoms with Crippen LogP contribution >= 0.6 is 11.6 Å². The molecule has 0 spiro atoms. The maximum atomic E-state index is 13.5. The van der Waals surface area contributed by atoms with Gasteiger partial charge in [-0.05, 0) is 55.2 Å². The summed E-state index contributed by atoms with van der Waals surface area (Å²) in [6.07, 6.45) is -3.14. The van der Waals surface area contributed by atoms with E-state index in [1.165, 1.54) is 24.3 Å². The molecule has 10 heteroatoms. The highest BCUT2D eigenvalue weighted by Crippen LogP contribution is 2.37. The molecule has 1 aliphatic rings. The Balaban J connectivity index is 1.93. The van der Waals surface area contributed by atoms with Gasteiger partial charge in [-0.25, -0.2) is 13.1 Å². The van der Waals surface area contributed by atoms with E-state index in [0.29, 0.717) is 5.56 Å². The molecule has 0 aliphatic heterocycles. The van der Waals surface area contributed by atoms with Crippen LogP contribution in [0.25, 0.3) is 0 Å². The molecule has 0 saturated heterocycles. The second kappa shape index (κ2) is 7.62. The molecule has 1 saturated carbocycles. The zero-order valence-corrected chi connectivity index (χ0v) is 15.9. The molecule has 2 aromatic rings. The minimum absolute atomic E-state index is 0.0140. The summed E-state index contributed by atoms with van der Waals surface area (Å²) in [5.41, 5.74) is -0.670. The maximum absolute atomic E-state index is 13.5. The lowest BCUT2D eigenvalue weighted by Gasteiger charge is -2.16. The molecule has 2 aromatic carbocycles. The van der Waals surface area contributed by atoms with Gasteiger partial charge in [0.1, 0.15) is 0 Å². The van der Waals surface area contributed by atoms with E-state index >= 15 is 0 Å². The van der Waals surface area contributed by atoms with E-state index in [1.54, 1.807) is 0 Å². The third-order valence-corrected chi connectivity index (χ3v) is 6.01. The summed E-state index contributed by atoms with van der Waals surface area (Å²) in [4.78, 5) is -0.822. The van der Waals surface area contributed by atoms with Crippen LogP contribution < -0.4 is 10.0 Å². The first-order valence-electron chi connectivity index (χ1n) is 8.28. The fraction of sp³-hybridized carbons (Fsp3) is 0.278. The molecular formula is C18H15ClF3N3O2S. The number of sulfonamides is 1. The Labute approximate surface area is 165 Å². The smallest absolute Gasteiger partial charge is 0.354 e. The van der Waals surface area contributed by atoms with Crippen molar-refractivity contribution >= 4 is 33.0 Å². The van der Waals surface area contributed by atoms with Crippen LogP contribution in [0.4, 0.5) is 24.5 Å². The van der Waals surface area contributed by atoms with Gasteiger partial charge < -0.3 is 5.32 Å². The van der Waals surface area contributed by atoms with Gasteiger partial charge in [0.15, 0.2) is 0 Å². The van der Waals surface area contributed by atoms with Crippen molar-refractivity contribution in [2.24, 2.45) is 5.92 Å². The molecule has 0 bridgehead atoms. The Morgan fingerprint density at radius 2 is 1.89 bits per heavy atom. The zero-order valence-electron chi connectivity index (χ0n) is 14.3. The van der Waals surface area contributed by atoms with Gasteiger partial charge in [-0.2, -0.15) is 18.4 Å². The van der Waals surface area contributed by atoms with Gasteiger partial charge in [0.25, 0.3) is 0 Å². The summed E-state index contributed by atoms with van der Waals surface area (Å²) < 4.78 is 67.4. The molecule has 1 aliphatic carbocycles. The van der Waals surface area contributed by atoms with Crippen LogP contribution in [0.15, 0.2) is 41.3 Å². The minimum atomic E-state index is -4.87. The quantitative estimate of drug-likeness (QED) is 0.699. The second-order valence-corrected chi connectivity index (χ2v) is 8.58. The summed E-state index contributed by atoms with van der Waals surface area (Å²) in [6, 6.07) is 9.05. The highest BCUT2D eigenvalue weighted by Gasteiger charge is 2.38. The molecule has 0 atom stereocenters. The first kappa shape index (κ1) is 20.5. The van der Waals surface area contributed by atoms with Crippen LogP contribution in [-0.2, 0) is 16.2 Å². The largest absolute Gasteiger partial charge is 0.417 e. The van der Waals surface area contributed by atoms with E-state index in [0.717, 1.165) is 25.0 Å². The molecule has 0 radical (unpaired) electrons. The van der Waals surface area contributed by atoms with Gasteiger partial charge in [0.05, 0.1) is 32.8 Å². The molecule has 0 amide bonds. The number of halogens is 4. The average molecular weight is 430 g/mol. The van der Waals surface area contributed by atoms with Crippen LogP contribution in [-0.4, -0.2) is 15.0 Å². The highest BCUT2D eigenvalue weighted by atomic mass is 35.5. The topological polar surface area (TPSA) is 82.0 Å². The number of hydrogen-bond donors (Lipinski definition) is 2. The van der Waals surface area contributed by atoms with Gasteiger partial charge in [0.2, 0.25) is 10.0 Å². The fourth-order valence-corrected chi connectivity index (χ4v) is 4.08. The predicted octanol–water partition coefficient (Wildman–Crippen LogP) is 4.66. The number of nitrogens with zero attached hydrogens (tertiary/aromatic N) is 1. The minimum Gasteiger partial charge on any atom is -0.354 e. The lowest BCUT2D eigenvalue weighted by molar-refractivity contribution is -0.139. The number of benzene rings is 2. The molecule has 1 fully saturated rings. The van der Waals surface area contributed by atoms with E-state index in [9.17, 15) is 21.6 Å². The van der Waals surface area contributed by atoms with E-state index in [-0.39, 0.29) is 28.9 Å². The summed E-state index contributed by atoms with van der Waals surface area (Å²) >= 11 is 6.03. The average Bonchev–Trinajstić information content (AvgIpc) is 3.45. The standard InChI is InChI=1S/C18H15ClF3N3O2S/c19-15-7-12(9-23)3-5-16(15)25-13-4-6-17(14(8-13)18(20,21)22)28(26,27)24-10-11-1-2-11/h3-8,11,24-25H,1-2,10H2. The summed E-state index contributed by atoms with van der Waals surface area (Å²) in [5.74, 6) is 0.184. The van der Waals surface area contributed by atoms with Crippen molar-refractivity contribution in [2.45, 2.75) is 23.9 Å². The van der Waals surface area contributed by atoms with Gasteiger partial charge in [-0.1, -0.05) is 11.6 Å². The second-order valence-electron chi connectivity index (χ2n) is 6.44. The lowest BCUT2D eigenvalue weighted by atomic mass is 10.1. The highest BCUT2D eigenvalue weighted by molar-refractivity contribution is 7.89. The van der Waals surface area contributed by atoms with E-state index in [1.807, 2.05) is 6.07 Å². The van der Waals surface area contributed by atoms with E-state index in [2.05, 4.69) is 10.0 Å². The molecule has 28 heavy (non-hydrogen) atoms. The summed E-state index contributed by atoms with van der Waals surface area (Å²) in [5, 5.41) is 11.7. The molecule has 0 unspecified atom stereocenters. The number of rotatable bonds is 6. The molecule has 2 N–H and O–H groups in total. The van der Waals surface area contributed by atoms with E-state index < -0.39 is 26.7 Å². The van der Waals surface area contributed by atoms with Crippen LogP contribution in [0.3, 0.4) is 0 Å². The Kier molecular flexibility index (Phi) is 5.57. The Hall–Kier alpha value is -2.28. The lowest BCUT2D eigenvalue weighted by Crippen LogP contribution is -2.28. The number of nitrogens with one attached hydrogen (secondary N) is 2. The Morgan fingerprint density at radius 1 is 1.18 bits per heavy atom. The SMILES string of the molecule is N#Cc1ccc(Nc2ccc(S(=O)(=O)NCC3CC3)c(C(F)(F)F)c2)c(Cl)c1. The van der Waals surface area contributed by atoms with Crippen LogP contribution in [0.5, 0.6) is 0 Å². The van der Waals surface area contributed by atoms with Crippen molar-refractivity contribution in [3.63, 3.8) is 0 Å². The van der Waals surface area contributed by atoms with Crippen molar-refractivity contribution < 1.29 is 21.6 Å². The summed E-state index contributed by atoms with van der Waals surface area (Å²) in [6.45, 7) is 0.125. The number of nitriles is 1.